The van der Waals surface area contributed by atoms with Gasteiger partial charge in [-0.25, -0.2) is 0 Å². The first-order chi connectivity index (χ1) is 10.8. The van der Waals surface area contributed by atoms with Crippen molar-refractivity contribution in [1.29, 1.82) is 0 Å². The molecule has 2 heterocycles. The third-order valence-electron chi connectivity index (χ3n) is 3.90. The molecule has 116 valence electrons. The van der Waals surface area contributed by atoms with Crippen LogP contribution < -0.4 is 10.6 Å². The Morgan fingerprint density at radius 1 is 1.36 bits per heavy atom. The summed E-state index contributed by atoms with van der Waals surface area (Å²) in [5.74, 6) is 0.114. The molecule has 1 unspecified atom stereocenters. The lowest BCUT2D eigenvalue weighted by molar-refractivity contribution is -0.122. The van der Waals surface area contributed by atoms with E-state index in [-0.39, 0.29) is 11.9 Å². The van der Waals surface area contributed by atoms with Crippen molar-refractivity contribution in [1.82, 2.24) is 10.6 Å². The van der Waals surface area contributed by atoms with Crippen LogP contribution >= 0.6 is 23.1 Å². The molecular weight excluding hydrogens is 312 g/mol. The van der Waals surface area contributed by atoms with Crippen LogP contribution in [0.4, 0.5) is 0 Å². The molecule has 2 N–H and O–H groups in total. The van der Waals surface area contributed by atoms with Gasteiger partial charge in [0, 0.05) is 11.4 Å². The Labute approximate surface area is 139 Å². The number of carbonyl (C=O) groups excluding carboxylic acids is 1. The molecule has 2 aromatic rings. The maximum Gasteiger partial charge on any atom is 0.237 e. The van der Waals surface area contributed by atoms with Crippen molar-refractivity contribution in [2.24, 2.45) is 0 Å². The largest absolute Gasteiger partial charge is 0.351 e. The summed E-state index contributed by atoms with van der Waals surface area (Å²) in [6.07, 6.45) is 4.12. The molecule has 1 atom stereocenters. The van der Waals surface area contributed by atoms with Crippen LogP contribution in [0, 0.1) is 0 Å². The van der Waals surface area contributed by atoms with Crippen LogP contribution in [-0.2, 0) is 11.3 Å². The van der Waals surface area contributed by atoms with Crippen molar-refractivity contribution in [2.75, 3.05) is 12.8 Å². The smallest absolute Gasteiger partial charge is 0.237 e. The van der Waals surface area contributed by atoms with Gasteiger partial charge in [0.1, 0.15) is 0 Å². The molecular formula is C17H20N2OS2. The highest BCUT2D eigenvalue weighted by molar-refractivity contribution is 8.00. The Bertz CT molecular complexity index is 648. The van der Waals surface area contributed by atoms with Gasteiger partial charge in [-0.15, -0.1) is 23.1 Å². The number of carbonyl (C=O) groups is 1. The SMILES string of the molecule is CSc1ccc(-c2ccccc2CNC(=O)C2CCCN2)s1. The van der Waals surface area contributed by atoms with Crippen LogP contribution in [0.5, 0.6) is 0 Å². The van der Waals surface area contributed by atoms with E-state index in [1.54, 1.807) is 23.1 Å². The molecule has 0 spiro atoms. The molecule has 5 heteroatoms. The predicted molar refractivity (Wildman–Crippen MR) is 94.4 cm³/mol. The van der Waals surface area contributed by atoms with Crippen molar-refractivity contribution < 1.29 is 4.79 Å². The van der Waals surface area contributed by atoms with Crippen LogP contribution in [-0.4, -0.2) is 24.7 Å². The lowest BCUT2D eigenvalue weighted by Crippen LogP contribution is -2.40. The average Bonchev–Trinajstić information content (AvgIpc) is 3.24. The van der Waals surface area contributed by atoms with E-state index in [9.17, 15) is 4.79 Å². The lowest BCUT2D eigenvalue weighted by Gasteiger charge is -2.13. The standard InChI is InChI=1S/C17H20N2OS2/c1-21-16-9-8-15(22-16)13-6-3-2-5-12(13)11-19-17(20)14-7-4-10-18-14/h2-3,5-6,8-9,14,18H,4,7,10-11H2,1H3,(H,19,20). The van der Waals surface area contributed by atoms with Crippen LogP contribution in [0.2, 0.25) is 0 Å². The summed E-state index contributed by atoms with van der Waals surface area (Å²) in [6.45, 7) is 1.53. The summed E-state index contributed by atoms with van der Waals surface area (Å²) >= 11 is 3.56. The first kappa shape index (κ1) is 15.6. The fourth-order valence-electron chi connectivity index (χ4n) is 2.70. The van der Waals surface area contributed by atoms with Gasteiger partial charge in [0.05, 0.1) is 10.3 Å². The third-order valence-corrected chi connectivity index (χ3v) is 6.10. The molecule has 0 bridgehead atoms. The number of nitrogens with one attached hydrogen (secondary N) is 2. The number of thiophene rings is 1. The Kier molecular flexibility index (Phi) is 5.18. The Hall–Kier alpha value is -1.30. The molecule has 1 amide bonds. The zero-order valence-electron chi connectivity index (χ0n) is 12.6. The van der Waals surface area contributed by atoms with Crippen LogP contribution in [0.15, 0.2) is 40.6 Å². The molecule has 0 saturated carbocycles. The number of benzene rings is 1. The number of rotatable bonds is 5. The predicted octanol–water partition coefficient (Wildman–Crippen LogP) is 3.51. The van der Waals surface area contributed by atoms with Crippen LogP contribution in [0.3, 0.4) is 0 Å². The quantitative estimate of drug-likeness (QED) is 0.823. The van der Waals surface area contributed by atoms with Crippen molar-refractivity contribution in [3.05, 3.63) is 42.0 Å². The molecule has 1 aliphatic heterocycles. The molecule has 0 aliphatic carbocycles. The second-order valence-corrected chi connectivity index (χ2v) is 7.54. The van der Waals surface area contributed by atoms with Gasteiger partial charge < -0.3 is 10.6 Å². The first-order valence-corrected chi connectivity index (χ1v) is 9.55. The van der Waals surface area contributed by atoms with E-state index in [1.807, 2.05) is 6.07 Å². The highest BCUT2D eigenvalue weighted by Gasteiger charge is 2.21. The van der Waals surface area contributed by atoms with Gasteiger partial charge in [0.2, 0.25) is 5.91 Å². The summed E-state index contributed by atoms with van der Waals surface area (Å²) in [5, 5.41) is 6.31. The van der Waals surface area contributed by atoms with Gasteiger partial charge >= 0.3 is 0 Å². The molecule has 22 heavy (non-hydrogen) atoms. The summed E-state index contributed by atoms with van der Waals surface area (Å²) < 4.78 is 1.31. The molecule has 0 radical (unpaired) electrons. The molecule has 3 rings (SSSR count). The topological polar surface area (TPSA) is 41.1 Å². The molecule has 3 nitrogen and oxygen atoms in total. The molecule has 1 aliphatic rings. The minimum absolute atomic E-state index is 0.0167. The third kappa shape index (κ3) is 3.54. The van der Waals surface area contributed by atoms with Crippen LogP contribution in [0.1, 0.15) is 18.4 Å². The Morgan fingerprint density at radius 2 is 2.23 bits per heavy atom. The van der Waals surface area contributed by atoms with Gasteiger partial charge in [-0.05, 0) is 48.9 Å². The maximum atomic E-state index is 12.1. The van der Waals surface area contributed by atoms with E-state index in [4.69, 9.17) is 0 Å². The van der Waals surface area contributed by atoms with Gasteiger partial charge in [-0.3, -0.25) is 4.79 Å². The zero-order valence-corrected chi connectivity index (χ0v) is 14.2. The normalized spacial score (nSPS) is 17.6. The van der Waals surface area contributed by atoms with Gasteiger partial charge in [0.15, 0.2) is 0 Å². The van der Waals surface area contributed by atoms with Gasteiger partial charge in [-0.2, -0.15) is 0 Å². The first-order valence-electron chi connectivity index (χ1n) is 7.51. The van der Waals surface area contributed by atoms with Crippen molar-refractivity contribution in [3.8, 4) is 10.4 Å². The number of hydrogen-bond acceptors (Lipinski definition) is 4. The summed E-state index contributed by atoms with van der Waals surface area (Å²) in [5.41, 5.74) is 2.39. The zero-order chi connectivity index (χ0) is 15.4. The van der Waals surface area contributed by atoms with Gasteiger partial charge in [0.25, 0.3) is 0 Å². The Balaban J connectivity index is 1.72. The van der Waals surface area contributed by atoms with E-state index in [1.165, 1.54) is 20.2 Å². The molecule has 1 saturated heterocycles. The number of amides is 1. The van der Waals surface area contributed by atoms with Crippen molar-refractivity contribution in [3.63, 3.8) is 0 Å². The van der Waals surface area contributed by atoms with E-state index in [2.05, 4.69) is 47.2 Å². The highest BCUT2D eigenvalue weighted by Crippen LogP contribution is 2.34. The second kappa shape index (κ2) is 7.31. The Morgan fingerprint density at radius 3 is 2.95 bits per heavy atom. The highest BCUT2D eigenvalue weighted by atomic mass is 32.2. The second-order valence-electron chi connectivity index (χ2n) is 5.35. The minimum Gasteiger partial charge on any atom is -0.351 e. The monoisotopic (exact) mass is 332 g/mol. The molecule has 1 aromatic heterocycles. The van der Waals surface area contributed by atoms with Crippen molar-refractivity contribution in [2.45, 2.75) is 29.6 Å². The van der Waals surface area contributed by atoms with Gasteiger partial charge in [-0.1, -0.05) is 24.3 Å². The number of hydrogen-bond donors (Lipinski definition) is 2. The van der Waals surface area contributed by atoms with E-state index < -0.39 is 0 Å². The maximum absolute atomic E-state index is 12.1. The lowest BCUT2D eigenvalue weighted by atomic mass is 10.1. The number of thioether (sulfide) groups is 1. The summed E-state index contributed by atoms with van der Waals surface area (Å²) in [6, 6.07) is 12.6. The van der Waals surface area contributed by atoms with E-state index in [0.717, 1.165) is 19.4 Å². The van der Waals surface area contributed by atoms with E-state index >= 15 is 0 Å². The summed E-state index contributed by atoms with van der Waals surface area (Å²) in [4.78, 5) is 13.4. The summed E-state index contributed by atoms with van der Waals surface area (Å²) in [7, 11) is 0. The van der Waals surface area contributed by atoms with Crippen molar-refractivity contribution >= 4 is 29.0 Å². The van der Waals surface area contributed by atoms with E-state index in [0.29, 0.717) is 6.54 Å². The fraction of sp³-hybridized carbons (Fsp3) is 0.353. The fourth-order valence-corrected chi connectivity index (χ4v) is 4.31. The molecule has 1 aromatic carbocycles. The minimum atomic E-state index is -0.0167. The average molecular weight is 332 g/mol. The molecule has 1 fully saturated rings. The van der Waals surface area contributed by atoms with Crippen LogP contribution in [0.25, 0.3) is 10.4 Å².